The molecule has 0 unspecified atom stereocenters. The third-order valence-corrected chi connectivity index (χ3v) is 6.96. The quantitative estimate of drug-likeness (QED) is 0.610. The molecule has 0 radical (unpaired) electrons. The van der Waals surface area contributed by atoms with Crippen molar-refractivity contribution < 1.29 is 26.4 Å². The summed E-state index contributed by atoms with van der Waals surface area (Å²) in [5.74, 6) is -0.486. The summed E-state index contributed by atoms with van der Waals surface area (Å²) >= 11 is 5.75. The number of nitrogens with zero attached hydrogens (tertiary/aromatic N) is 2. The second-order valence-electron chi connectivity index (χ2n) is 5.38. The van der Waals surface area contributed by atoms with Crippen LogP contribution in [0.4, 0.5) is 10.7 Å². The average Bonchev–Trinajstić information content (AvgIpc) is 2.60. The van der Waals surface area contributed by atoms with Gasteiger partial charge in [0.2, 0.25) is 11.8 Å². The molecule has 0 bridgehead atoms. The van der Waals surface area contributed by atoms with Gasteiger partial charge in [-0.25, -0.2) is 31.3 Å². The van der Waals surface area contributed by atoms with Gasteiger partial charge in [-0.3, -0.25) is 5.32 Å². The molecule has 2 amide bonds. The van der Waals surface area contributed by atoms with E-state index < -0.39 is 35.7 Å². The van der Waals surface area contributed by atoms with Gasteiger partial charge in [0, 0.05) is 6.07 Å². The Hall–Kier alpha value is -2.44. The van der Waals surface area contributed by atoms with Crippen LogP contribution in [0.15, 0.2) is 40.1 Å². The summed E-state index contributed by atoms with van der Waals surface area (Å²) in [6.45, 7) is 1.65. The number of carbonyl (C=O) groups is 1. The normalized spacial score (nSPS) is 11.7. The number of aromatic nitrogens is 2. The number of rotatable bonds is 7. The van der Waals surface area contributed by atoms with E-state index in [2.05, 4.69) is 15.3 Å². The second kappa shape index (κ2) is 8.71. The van der Waals surface area contributed by atoms with E-state index in [-0.39, 0.29) is 22.7 Å². The van der Waals surface area contributed by atoms with Crippen molar-refractivity contribution in [3.63, 3.8) is 0 Å². The highest BCUT2D eigenvalue weighted by molar-refractivity contribution is 7.94. The molecule has 0 atom stereocenters. The summed E-state index contributed by atoms with van der Waals surface area (Å²) in [6, 6.07) is 5.10. The molecular weight excluding hydrogens is 432 g/mol. The summed E-state index contributed by atoms with van der Waals surface area (Å²) in [5.41, 5.74) is 0. The Morgan fingerprint density at radius 2 is 1.79 bits per heavy atom. The van der Waals surface area contributed by atoms with Crippen LogP contribution in [0.1, 0.15) is 13.3 Å². The van der Waals surface area contributed by atoms with Gasteiger partial charge in [-0.05, 0) is 18.6 Å². The summed E-state index contributed by atoms with van der Waals surface area (Å²) < 4.78 is 56.4. The molecule has 1 heterocycles. The van der Waals surface area contributed by atoms with Crippen molar-refractivity contribution in [1.29, 1.82) is 0 Å². The Labute approximate surface area is 167 Å². The molecule has 10 nitrogen and oxygen atoms in total. The zero-order chi connectivity index (χ0) is 20.9. The molecule has 2 aromatic rings. The monoisotopic (exact) mass is 448 g/mol. The molecule has 1 aromatic carbocycles. The average molecular weight is 449 g/mol. The Bertz CT molecular complexity index is 1090. The van der Waals surface area contributed by atoms with Crippen LogP contribution in [-0.4, -0.2) is 45.7 Å². The van der Waals surface area contributed by atoms with Gasteiger partial charge in [-0.1, -0.05) is 30.7 Å². The van der Waals surface area contributed by atoms with E-state index in [1.165, 1.54) is 31.4 Å². The van der Waals surface area contributed by atoms with Crippen molar-refractivity contribution >= 4 is 43.4 Å². The highest BCUT2D eigenvalue weighted by Crippen LogP contribution is 2.22. The van der Waals surface area contributed by atoms with E-state index in [9.17, 15) is 21.6 Å². The Morgan fingerprint density at radius 3 is 2.39 bits per heavy atom. The maximum absolute atomic E-state index is 12.6. The fourth-order valence-corrected chi connectivity index (χ4v) is 5.47. The molecular formula is C15H17ClN4O6S2. The van der Waals surface area contributed by atoms with Gasteiger partial charge >= 0.3 is 6.03 Å². The summed E-state index contributed by atoms with van der Waals surface area (Å²) in [7, 11) is -7.02. The fraction of sp³-hybridized carbons (Fsp3) is 0.267. The van der Waals surface area contributed by atoms with E-state index in [4.69, 9.17) is 16.3 Å². The SMILES string of the molecule is CCCS(=O)(=O)c1ccccc1S(=O)(=O)NC(=O)Nc1nc(Cl)cc(OC)n1. The van der Waals surface area contributed by atoms with Crippen LogP contribution in [0.25, 0.3) is 0 Å². The molecule has 0 saturated heterocycles. The van der Waals surface area contributed by atoms with Crippen molar-refractivity contribution in [3.8, 4) is 5.88 Å². The number of amides is 2. The zero-order valence-corrected chi connectivity index (χ0v) is 17.2. The first kappa shape index (κ1) is 21.9. The number of urea groups is 1. The Morgan fingerprint density at radius 1 is 1.14 bits per heavy atom. The molecule has 2 N–H and O–H groups in total. The molecule has 0 fully saturated rings. The van der Waals surface area contributed by atoms with Crippen LogP contribution in [0.3, 0.4) is 0 Å². The lowest BCUT2D eigenvalue weighted by Crippen LogP contribution is -2.35. The molecule has 0 aliphatic carbocycles. The third-order valence-electron chi connectivity index (χ3n) is 3.28. The number of ether oxygens (including phenoxy) is 1. The van der Waals surface area contributed by atoms with Gasteiger partial charge < -0.3 is 4.74 Å². The van der Waals surface area contributed by atoms with Crippen LogP contribution >= 0.6 is 11.6 Å². The van der Waals surface area contributed by atoms with Gasteiger partial charge in [-0.2, -0.15) is 4.98 Å². The predicted molar refractivity (Wildman–Crippen MR) is 102 cm³/mol. The number of nitrogens with one attached hydrogen (secondary N) is 2. The number of hydrogen-bond donors (Lipinski definition) is 2. The van der Waals surface area contributed by atoms with Crippen LogP contribution < -0.4 is 14.8 Å². The smallest absolute Gasteiger partial charge is 0.335 e. The van der Waals surface area contributed by atoms with Gasteiger partial charge in [0.05, 0.1) is 17.8 Å². The van der Waals surface area contributed by atoms with E-state index >= 15 is 0 Å². The largest absolute Gasteiger partial charge is 0.481 e. The molecule has 152 valence electrons. The van der Waals surface area contributed by atoms with Crippen LogP contribution in [0, 0.1) is 0 Å². The van der Waals surface area contributed by atoms with Crippen molar-refractivity contribution in [2.24, 2.45) is 0 Å². The first-order valence-corrected chi connectivity index (χ1v) is 11.3. The molecule has 0 spiro atoms. The number of halogens is 1. The molecule has 0 aliphatic rings. The van der Waals surface area contributed by atoms with E-state index in [1.807, 2.05) is 0 Å². The van der Waals surface area contributed by atoms with Crippen molar-refractivity contribution in [2.45, 2.75) is 23.1 Å². The predicted octanol–water partition coefficient (Wildman–Crippen LogP) is 1.83. The number of benzene rings is 1. The van der Waals surface area contributed by atoms with Crippen LogP contribution in [-0.2, 0) is 19.9 Å². The summed E-state index contributed by atoms with van der Waals surface area (Å²) in [5, 5.41) is 2.06. The van der Waals surface area contributed by atoms with Crippen molar-refractivity contribution in [3.05, 3.63) is 35.5 Å². The van der Waals surface area contributed by atoms with E-state index in [1.54, 1.807) is 11.6 Å². The topological polar surface area (TPSA) is 144 Å². The highest BCUT2D eigenvalue weighted by atomic mass is 35.5. The lowest BCUT2D eigenvalue weighted by Gasteiger charge is -2.12. The molecule has 0 aliphatic heterocycles. The van der Waals surface area contributed by atoms with Gasteiger partial charge in [0.1, 0.15) is 10.0 Å². The Kier molecular flexibility index (Phi) is 6.80. The maximum atomic E-state index is 12.6. The molecule has 13 heteroatoms. The first-order valence-electron chi connectivity index (χ1n) is 7.83. The number of methoxy groups -OCH3 is 1. The standard InChI is InChI=1S/C15H17ClN4O6S2/c1-3-8-27(22,23)10-6-4-5-7-11(10)28(24,25)20-15(21)19-14-17-12(16)9-13(18-14)26-2/h4-7,9H,3,8H2,1-2H3,(H2,17,18,19,20,21). The molecule has 1 aromatic heterocycles. The van der Waals surface area contributed by atoms with Crippen LogP contribution in [0.2, 0.25) is 5.15 Å². The summed E-state index contributed by atoms with van der Waals surface area (Å²) in [6.07, 6.45) is 0.304. The number of anilines is 1. The lowest BCUT2D eigenvalue weighted by atomic mass is 10.4. The zero-order valence-electron chi connectivity index (χ0n) is 14.8. The van der Waals surface area contributed by atoms with Gasteiger partial charge in [0.15, 0.2) is 9.84 Å². The fourth-order valence-electron chi connectivity index (χ4n) is 2.17. The third kappa shape index (κ3) is 5.30. The molecule has 28 heavy (non-hydrogen) atoms. The number of sulfonamides is 1. The van der Waals surface area contributed by atoms with Crippen molar-refractivity contribution in [1.82, 2.24) is 14.7 Å². The van der Waals surface area contributed by atoms with E-state index in [0.29, 0.717) is 6.42 Å². The number of carbonyl (C=O) groups excluding carboxylic acids is 1. The van der Waals surface area contributed by atoms with Gasteiger partial charge in [0.25, 0.3) is 10.0 Å². The Balaban J connectivity index is 2.30. The van der Waals surface area contributed by atoms with Crippen LogP contribution in [0.5, 0.6) is 5.88 Å². The maximum Gasteiger partial charge on any atom is 0.335 e. The van der Waals surface area contributed by atoms with Crippen molar-refractivity contribution in [2.75, 3.05) is 18.2 Å². The minimum atomic E-state index is -4.50. The second-order valence-corrected chi connectivity index (χ2v) is 9.50. The van der Waals surface area contributed by atoms with Gasteiger partial charge in [-0.15, -0.1) is 0 Å². The minimum absolute atomic E-state index is 0.0407. The minimum Gasteiger partial charge on any atom is -0.481 e. The number of sulfone groups is 1. The lowest BCUT2D eigenvalue weighted by molar-refractivity contribution is 0.256. The van der Waals surface area contributed by atoms with E-state index in [0.717, 1.165) is 6.07 Å². The highest BCUT2D eigenvalue weighted by Gasteiger charge is 2.27. The number of hydrogen-bond acceptors (Lipinski definition) is 8. The first-order chi connectivity index (χ1) is 13.1. The summed E-state index contributed by atoms with van der Waals surface area (Å²) in [4.78, 5) is 18.7. The molecule has 2 rings (SSSR count). The molecule has 0 saturated carbocycles.